The van der Waals surface area contributed by atoms with Crippen molar-refractivity contribution in [3.05, 3.63) is 98.6 Å². The molecule has 0 radical (unpaired) electrons. The number of aryl methyl sites for hydroxylation is 1. The molecule has 0 saturated carbocycles. The summed E-state index contributed by atoms with van der Waals surface area (Å²) >= 11 is 3.34. The topological polar surface area (TPSA) is 140 Å². The van der Waals surface area contributed by atoms with Crippen molar-refractivity contribution in [3.8, 4) is 0 Å². The third kappa shape index (κ3) is 18.5. The number of aldehydes is 1. The summed E-state index contributed by atoms with van der Waals surface area (Å²) < 4.78 is 42.4. The number of aromatic nitrogens is 2. The normalized spacial score (nSPS) is 11.0. The Morgan fingerprint density at radius 3 is 2.12 bits per heavy atom. The van der Waals surface area contributed by atoms with Crippen LogP contribution in [0.3, 0.4) is 0 Å². The molecule has 0 aliphatic heterocycles. The second-order valence-corrected chi connectivity index (χ2v) is 11.8. The molecule has 10 nitrogen and oxygen atoms in total. The summed E-state index contributed by atoms with van der Waals surface area (Å²) in [7, 11) is -4.12. The Morgan fingerprint density at radius 2 is 1.63 bits per heavy atom. The lowest BCUT2D eigenvalue weighted by Gasteiger charge is -2.02. The number of sulfonamides is 1. The summed E-state index contributed by atoms with van der Waals surface area (Å²) in [5.41, 5.74) is 2.00. The summed E-state index contributed by atoms with van der Waals surface area (Å²) in [5, 5.41) is 14.2. The Balaban J connectivity index is 0.000000310. The van der Waals surface area contributed by atoms with Gasteiger partial charge in [0.1, 0.15) is 6.29 Å². The maximum atomic E-state index is 11.6. The molecule has 230 valence electrons. The first-order valence-electron chi connectivity index (χ1n) is 12.8. The molecule has 1 aromatic carbocycles. The number of carbonyl (C=O) groups excluding carboxylic acids is 1. The highest BCUT2D eigenvalue weighted by Gasteiger charge is 2.11. The summed E-state index contributed by atoms with van der Waals surface area (Å²) in [6.07, 6.45) is 11.0. The smallest absolute Gasteiger partial charge is 0.327 e. The number of hydrogen-bond donors (Lipinski definition) is 2. The molecule has 0 bridgehead atoms. The van der Waals surface area contributed by atoms with Crippen molar-refractivity contribution in [1.29, 1.82) is 0 Å². The number of rotatable bonds is 12. The van der Waals surface area contributed by atoms with Crippen LogP contribution in [0.4, 0.5) is 0 Å². The van der Waals surface area contributed by atoms with E-state index in [0.29, 0.717) is 0 Å². The number of aromatic amines is 1. The minimum Gasteiger partial charge on any atom is -0.382 e. The predicted octanol–water partition coefficient (Wildman–Crippen LogP) is 7.13. The number of nitrogens with zero attached hydrogens (tertiary/aromatic N) is 2. The van der Waals surface area contributed by atoms with Gasteiger partial charge in [-0.2, -0.15) is 18.6 Å². The highest BCUT2D eigenvalue weighted by molar-refractivity contribution is 7.89. The van der Waals surface area contributed by atoms with Crippen LogP contribution in [0, 0.1) is 6.92 Å². The van der Waals surface area contributed by atoms with Gasteiger partial charge in [0.25, 0.3) is 10.0 Å². The quantitative estimate of drug-likeness (QED) is 0.0411. The third-order valence-electron chi connectivity index (χ3n) is 4.58. The van der Waals surface area contributed by atoms with Gasteiger partial charge in [-0.05, 0) is 86.2 Å². The lowest BCUT2D eigenvalue weighted by Crippen LogP contribution is -2.18. The first-order chi connectivity index (χ1) is 20.9. The van der Waals surface area contributed by atoms with Crippen molar-refractivity contribution in [2.75, 3.05) is 19.8 Å². The lowest BCUT2D eigenvalue weighted by atomic mass is 10.2. The van der Waals surface area contributed by atoms with Crippen LogP contribution in [0.2, 0.25) is 0 Å². The zero-order chi connectivity index (χ0) is 31.6. The average Bonchev–Trinajstić information content (AvgIpc) is 3.81. The van der Waals surface area contributed by atoms with E-state index in [4.69, 9.17) is 4.74 Å². The SMILES string of the molecule is C(=C\c1cccs1)/c1ccn[nH]1.CCOCC.Cc1ccc(S(=O)(=O)N/N=C/COP=O)cc1.O=C/C=C/c1cccs1. The molecular formula is C29H35N4O6PS3. The number of allylic oxidation sites excluding steroid dienone is 1. The largest absolute Gasteiger partial charge is 0.382 e. The van der Waals surface area contributed by atoms with E-state index in [-0.39, 0.29) is 11.5 Å². The maximum Gasteiger partial charge on any atom is 0.327 e. The molecule has 4 rings (SSSR count). The molecule has 0 spiro atoms. The second-order valence-electron chi connectivity index (χ2n) is 7.74. The standard InChI is InChI=1S/C9H11N2O4PS.C9H8N2S.C7H6OS.C4H10O/c1-8-2-4-9(5-3-8)17(13,14)11-10-6-7-15-16-12;1-2-9(12-7-1)4-3-8-5-6-10-11-8;8-5-1-3-7-4-2-6-9-7;1-3-5-4-2/h2-6,11H,7H2,1H3;1-7H,(H,10,11);1-6H;3-4H2,1-2H3/b10-6+;4-3+;3-1+;. The first kappa shape index (κ1) is 37.4. The van der Waals surface area contributed by atoms with Crippen molar-refractivity contribution in [2.24, 2.45) is 5.10 Å². The van der Waals surface area contributed by atoms with E-state index in [1.807, 2.05) is 61.3 Å². The highest BCUT2D eigenvalue weighted by atomic mass is 32.2. The molecule has 3 aromatic heterocycles. The zero-order valence-electron chi connectivity index (χ0n) is 24.0. The molecular weight excluding hydrogens is 628 g/mol. The molecule has 0 aliphatic rings. The van der Waals surface area contributed by atoms with Gasteiger partial charge >= 0.3 is 8.69 Å². The molecule has 3 heterocycles. The molecule has 0 aliphatic carbocycles. The summed E-state index contributed by atoms with van der Waals surface area (Å²) in [6, 6.07) is 16.3. The van der Waals surface area contributed by atoms with E-state index >= 15 is 0 Å². The maximum absolute atomic E-state index is 11.6. The Labute approximate surface area is 262 Å². The number of ether oxygens (including phenoxy) is 1. The molecule has 2 N–H and O–H groups in total. The Morgan fingerprint density at radius 1 is 0.977 bits per heavy atom. The zero-order valence-corrected chi connectivity index (χ0v) is 27.4. The van der Waals surface area contributed by atoms with Gasteiger partial charge in [0, 0.05) is 29.2 Å². The lowest BCUT2D eigenvalue weighted by molar-refractivity contribution is -0.104. The van der Waals surface area contributed by atoms with Crippen LogP contribution >= 0.6 is 31.4 Å². The van der Waals surface area contributed by atoms with E-state index in [9.17, 15) is 17.8 Å². The van der Waals surface area contributed by atoms with E-state index in [0.717, 1.165) is 41.8 Å². The minimum absolute atomic E-state index is 0.0402. The van der Waals surface area contributed by atoms with Crippen molar-refractivity contribution < 1.29 is 27.0 Å². The van der Waals surface area contributed by atoms with Crippen LogP contribution in [-0.4, -0.2) is 50.9 Å². The number of carbonyl (C=O) groups is 1. The molecule has 4 aromatic rings. The van der Waals surface area contributed by atoms with Gasteiger partial charge in [-0.15, -0.1) is 22.7 Å². The van der Waals surface area contributed by atoms with E-state index < -0.39 is 18.7 Å². The van der Waals surface area contributed by atoms with Crippen LogP contribution in [0.5, 0.6) is 0 Å². The summed E-state index contributed by atoms with van der Waals surface area (Å²) in [5.74, 6) is 0. The molecule has 14 heteroatoms. The fourth-order valence-electron chi connectivity index (χ4n) is 2.62. The van der Waals surface area contributed by atoms with Gasteiger partial charge in [-0.25, -0.2) is 9.40 Å². The van der Waals surface area contributed by atoms with Crippen molar-refractivity contribution >= 4 is 72.1 Å². The van der Waals surface area contributed by atoms with Gasteiger partial charge in [0.2, 0.25) is 0 Å². The van der Waals surface area contributed by atoms with E-state index in [1.165, 1.54) is 23.1 Å². The number of benzene rings is 1. The number of nitrogens with one attached hydrogen (secondary N) is 2. The monoisotopic (exact) mass is 662 g/mol. The van der Waals surface area contributed by atoms with Crippen molar-refractivity contribution in [2.45, 2.75) is 25.7 Å². The molecule has 0 atom stereocenters. The Kier molecular flexibility index (Phi) is 20.8. The van der Waals surface area contributed by atoms with Gasteiger partial charge in [-0.1, -0.05) is 29.8 Å². The molecule has 0 fully saturated rings. The molecule has 0 unspecified atom stereocenters. The highest BCUT2D eigenvalue weighted by Crippen LogP contribution is 2.12. The molecule has 0 saturated heterocycles. The first-order valence-corrected chi connectivity index (χ1v) is 16.8. The summed E-state index contributed by atoms with van der Waals surface area (Å²) in [6.45, 7) is 7.49. The Hall–Kier alpha value is -3.58. The van der Waals surface area contributed by atoms with Crippen LogP contribution in [0.1, 0.15) is 34.9 Å². The average molecular weight is 663 g/mol. The number of hydrogen-bond acceptors (Lipinski definition) is 10. The molecule has 0 amide bonds. The van der Waals surface area contributed by atoms with Crippen molar-refractivity contribution in [1.82, 2.24) is 15.0 Å². The summed E-state index contributed by atoms with van der Waals surface area (Å²) in [4.78, 5) is 14.3. The number of H-pyrrole nitrogens is 1. The fraction of sp³-hybridized carbons (Fsp3) is 0.207. The van der Waals surface area contributed by atoms with Crippen LogP contribution < -0.4 is 4.83 Å². The van der Waals surface area contributed by atoms with Gasteiger partial charge in [0.15, 0.2) is 0 Å². The third-order valence-corrected chi connectivity index (χ3v) is 7.75. The van der Waals surface area contributed by atoms with E-state index in [2.05, 4.69) is 37.3 Å². The number of hydrazone groups is 1. The predicted molar refractivity (Wildman–Crippen MR) is 177 cm³/mol. The second kappa shape index (κ2) is 23.9. The number of thiophene rings is 2. The van der Waals surface area contributed by atoms with Gasteiger partial charge in [0.05, 0.1) is 23.4 Å². The van der Waals surface area contributed by atoms with Crippen molar-refractivity contribution in [3.63, 3.8) is 0 Å². The Bertz CT molecular complexity index is 1400. The van der Waals surface area contributed by atoms with Crippen LogP contribution in [-0.2, 0) is 28.6 Å². The van der Waals surface area contributed by atoms with Crippen LogP contribution in [0.15, 0.2) is 87.6 Å². The van der Waals surface area contributed by atoms with Gasteiger partial charge < -0.3 is 4.74 Å². The van der Waals surface area contributed by atoms with E-state index in [1.54, 1.807) is 47.1 Å². The van der Waals surface area contributed by atoms with Crippen LogP contribution in [0.25, 0.3) is 18.2 Å². The minimum atomic E-state index is -3.65. The van der Waals surface area contributed by atoms with Gasteiger partial charge in [-0.3, -0.25) is 14.4 Å². The fourth-order valence-corrected chi connectivity index (χ4v) is 4.81. The molecule has 43 heavy (non-hydrogen) atoms.